The standard InChI is InChI=1S/C18H27BrN4O2S.HI/c1-2-20-18(21-11-14-8-10-26(24,25)13-14)22-15-7-9-23(12-15)17-6-4-3-5-16(17)19;/h3-6,14-15H,2,7-13H2,1H3,(H2,20,21,22);1H. The Morgan fingerprint density at radius 3 is 2.78 bits per heavy atom. The van der Waals surface area contributed by atoms with Gasteiger partial charge in [0.25, 0.3) is 0 Å². The first-order valence-electron chi connectivity index (χ1n) is 9.21. The van der Waals surface area contributed by atoms with Crippen LogP contribution in [-0.4, -0.2) is 58.1 Å². The molecule has 2 fully saturated rings. The van der Waals surface area contributed by atoms with Crippen molar-refractivity contribution < 1.29 is 8.42 Å². The summed E-state index contributed by atoms with van der Waals surface area (Å²) in [6.07, 6.45) is 1.77. The number of sulfone groups is 1. The second kappa shape index (κ2) is 10.3. The second-order valence-electron chi connectivity index (χ2n) is 7.02. The Morgan fingerprint density at radius 2 is 2.11 bits per heavy atom. The number of nitrogens with zero attached hydrogens (tertiary/aromatic N) is 2. The molecule has 2 saturated heterocycles. The van der Waals surface area contributed by atoms with Crippen LogP contribution in [0.5, 0.6) is 0 Å². The van der Waals surface area contributed by atoms with Crippen LogP contribution >= 0.6 is 39.9 Å². The van der Waals surface area contributed by atoms with Crippen molar-refractivity contribution in [2.75, 3.05) is 42.6 Å². The van der Waals surface area contributed by atoms with Gasteiger partial charge in [0.15, 0.2) is 15.8 Å². The summed E-state index contributed by atoms with van der Waals surface area (Å²) >= 11 is 3.63. The number of guanidine groups is 1. The fraction of sp³-hybridized carbons (Fsp3) is 0.611. The van der Waals surface area contributed by atoms with Gasteiger partial charge in [0.05, 0.1) is 17.2 Å². The average molecular weight is 571 g/mol. The molecule has 0 bridgehead atoms. The van der Waals surface area contributed by atoms with Crippen molar-refractivity contribution >= 4 is 61.4 Å². The zero-order chi connectivity index (χ0) is 18.6. The van der Waals surface area contributed by atoms with Crippen LogP contribution in [0.25, 0.3) is 0 Å². The minimum atomic E-state index is -2.84. The largest absolute Gasteiger partial charge is 0.368 e. The SMILES string of the molecule is CCNC(=NCC1CCS(=O)(=O)C1)NC1CCN(c2ccccc2Br)C1.I. The molecule has 0 saturated carbocycles. The molecule has 0 aliphatic carbocycles. The van der Waals surface area contributed by atoms with Gasteiger partial charge < -0.3 is 15.5 Å². The maximum absolute atomic E-state index is 11.6. The number of nitrogens with one attached hydrogen (secondary N) is 2. The molecule has 2 atom stereocenters. The zero-order valence-corrected chi connectivity index (χ0v) is 20.3. The smallest absolute Gasteiger partial charge is 0.191 e. The van der Waals surface area contributed by atoms with Crippen LogP contribution in [0, 0.1) is 5.92 Å². The highest BCUT2D eigenvalue weighted by Crippen LogP contribution is 2.28. The Balaban J connectivity index is 0.00000261. The lowest BCUT2D eigenvalue weighted by Crippen LogP contribution is -2.45. The molecule has 6 nitrogen and oxygen atoms in total. The molecule has 27 heavy (non-hydrogen) atoms. The van der Waals surface area contributed by atoms with Crippen LogP contribution in [0.15, 0.2) is 33.7 Å². The van der Waals surface area contributed by atoms with Crippen LogP contribution in [0.2, 0.25) is 0 Å². The lowest BCUT2D eigenvalue weighted by atomic mass is 10.1. The molecule has 0 spiro atoms. The van der Waals surface area contributed by atoms with E-state index in [9.17, 15) is 8.42 Å². The fourth-order valence-electron chi connectivity index (χ4n) is 3.55. The molecule has 2 aliphatic heterocycles. The van der Waals surface area contributed by atoms with E-state index in [0.717, 1.165) is 42.9 Å². The van der Waals surface area contributed by atoms with E-state index >= 15 is 0 Å². The van der Waals surface area contributed by atoms with Crippen LogP contribution in [-0.2, 0) is 9.84 Å². The van der Waals surface area contributed by atoms with E-state index < -0.39 is 9.84 Å². The lowest BCUT2D eigenvalue weighted by molar-refractivity contribution is 0.586. The molecule has 3 rings (SSSR count). The summed E-state index contributed by atoms with van der Waals surface area (Å²) in [7, 11) is -2.84. The molecule has 2 aliphatic rings. The van der Waals surface area contributed by atoms with Crippen molar-refractivity contribution in [2.24, 2.45) is 10.9 Å². The number of hydrogen-bond acceptors (Lipinski definition) is 4. The molecule has 2 heterocycles. The first-order valence-corrected chi connectivity index (χ1v) is 11.8. The Bertz CT molecular complexity index is 759. The van der Waals surface area contributed by atoms with Crippen molar-refractivity contribution in [1.29, 1.82) is 0 Å². The number of halogens is 2. The van der Waals surface area contributed by atoms with Crippen molar-refractivity contribution in [3.8, 4) is 0 Å². The fourth-order valence-corrected chi connectivity index (χ4v) is 5.94. The van der Waals surface area contributed by atoms with E-state index in [1.165, 1.54) is 5.69 Å². The minimum Gasteiger partial charge on any atom is -0.368 e. The van der Waals surface area contributed by atoms with Gasteiger partial charge >= 0.3 is 0 Å². The highest BCUT2D eigenvalue weighted by Gasteiger charge is 2.28. The number of aliphatic imine (C=N–C) groups is 1. The normalized spacial score (nSPS) is 24.5. The third-order valence-corrected chi connectivity index (χ3v) is 7.41. The summed E-state index contributed by atoms with van der Waals surface area (Å²) in [5.41, 5.74) is 1.22. The predicted octanol–water partition coefficient (Wildman–Crippen LogP) is 2.64. The topological polar surface area (TPSA) is 73.8 Å². The van der Waals surface area contributed by atoms with Crippen molar-refractivity contribution in [1.82, 2.24) is 10.6 Å². The number of rotatable bonds is 5. The summed E-state index contributed by atoms with van der Waals surface area (Å²) < 4.78 is 24.3. The quantitative estimate of drug-likeness (QED) is 0.323. The molecule has 2 unspecified atom stereocenters. The Morgan fingerprint density at radius 1 is 1.33 bits per heavy atom. The monoisotopic (exact) mass is 570 g/mol. The molecular weight excluding hydrogens is 543 g/mol. The number of hydrogen-bond donors (Lipinski definition) is 2. The molecule has 2 N–H and O–H groups in total. The molecule has 0 amide bonds. The molecular formula is C18H28BrIN4O2S. The van der Waals surface area contributed by atoms with E-state index in [0.29, 0.717) is 18.3 Å². The number of anilines is 1. The maximum Gasteiger partial charge on any atom is 0.191 e. The van der Waals surface area contributed by atoms with Gasteiger partial charge in [-0.05, 0) is 53.7 Å². The van der Waals surface area contributed by atoms with Gasteiger partial charge in [0, 0.05) is 36.7 Å². The summed E-state index contributed by atoms with van der Waals surface area (Å²) in [5, 5.41) is 6.80. The highest BCUT2D eigenvalue weighted by molar-refractivity contribution is 14.0. The van der Waals surface area contributed by atoms with Crippen molar-refractivity contribution in [3.63, 3.8) is 0 Å². The van der Waals surface area contributed by atoms with Crippen molar-refractivity contribution in [2.45, 2.75) is 25.8 Å². The minimum absolute atomic E-state index is 0. The van der Waals surface area contributed by atoms with Crippen LogP contribution in [0.1, 0.15) is 19.8 Å². The van der Waals surface area contributed by atoms with Gasteiger partial charge in [0.1, 0.15) is 0 Å². The average Bonchev–Trinajstić information content (AvgIpc) is 3.19. The predicted molar refractivity (Wildman–Crippen MR) is 126 cm³/mol. The number of benzene rings is 1. The third kappa shape index (κ3) is 6.49. The molecule has 9 heteroatoms. The van der Waals surface area contributed by atoms with Gasteiger partial charge in [-0.1, -0.05) is 12.1 Å². The van der Waals surface area contributed by atoms with Crippen LogP contribution in [0.3, 0.4) is 0 Å². The lowest BCUT2D eigenvalue weighted by Gasteiger charge is -2.21. The van der Waals surface area contributed by atoms with E-state index in [-0.39, 0.29) is 35.6 Å². The van der Waals surface area contributed by atoms with Gasteiger partial charge in [0.2, 0.25) is 0 Å². The Labute approximate surface area is 187 Å². The second-order valence-corrected chi connectivity index (χ2v) is 10.1. The first kappa shape index (κ1) is 22.7. The highest BCUT2D eigenvalue weighted by atomic mass is 127. The van der Waals surface area contributed by atoms with E-state index in [2.05, 4.69) is 54.7 Å². The van der Waals surface area contributed by atoms with Crippen LogP contribution < -0.4 is 15.5 Å². The molecule has 1 aromatic carbocycles. The van der Waals surface area contributed by atoms with Crippen molar-refractivity contribution in [3.05, 3.63) is 28.7 Å². The molecule has 0 radical (unpaired) electrons. The van der Waals surface area contributed by atoms with E-state index in [1.807, 2.05) is 13.0 Å². The third-order valence-electron chi connectivity index (χ3n) is 4.90. The Hall–Kier alpha value is -0.550. The molecule has 152 valence electrons. The van der Waals surface area contributed by atoms with E-state index in [4.69, 9.17) is 0 Å². The van der Waals surface area contributed by atoms with Crippen LogP contribution in [0.4, 0.5) is 5.69 Å². The summed E-state index contributed by atoms with van der Waals surface area (Å²) in [6.45, 7) is 5.31. The van der Waals surface area contributed by atoms with Gasteiger partial charge in [-0.3, -0.25) is 4.99 Å². The summed E-state index contributed by atoms with van der Waals surface area (Å²) in [6, 6.07) is 8.61. The van der Waals surface area contributed by atoms with E-state index in [1.54, 1.807) is 0 Å². The number of para-hydroxylation sites is 1. The first-order chi connectivity index (χ1) is 12.5. The van der Waals surface area contributed by atoms with Gasteiger partial charge in [-0.2, -0.15) is 0 Å². The van der Waals surface area contributed by atoms with Gasteiger partial charge in [-0.25, -0.2) is 8.42 Å². The zero-order valence-electron chi connectivity index (χ0n) is 15.5. The summed E-state index contributed by atoms with van der Waals surface area (Å²) in [4.78, 5) is 7.01. The molecule has 1 aromatic rings. The van der Waals surface area contributed by atoms with Gasteiger partial charge in [-0.15, -0.1) is 24.0 Å². The Kier molecular flexibility index (Phi) is 8.67. The summed E-state index contributed by atoms with van der Waals surface area (Å²) in [5.74, 6) is 1.52. The maximum atomic E-state index is 11.6. The molecule has 0 aromatic heterocycles.